The van der Waals surface area contributed by atoms with Gasteiger partial charge < -0.3 is 4.74 Å². The third kappa shape index (κ3) is 3.18. The first-order valence-electron chi connectivity index (χ1n) is 4.40. The maximum absolute atomic E-state index is 5.62. The van der Waals surface area contributed by atoms with Gasteiger partial charge in [0.25, 0.3) is 0 Å². The van der Waals surface area contributed by atoms with Crippen molar-refractivity contribution in [1.82, 2.24) is 5.01 Å². The minimum absolute atomic E-state index is 0.745. The minimum atomic E-state index is 0.745. The summed E-state index contributed by atoms with van der Waals surface area (Å²) in [5.74, 6) is 6.36. The normalized spacial score (nSPS) is 22.4. The fourth-order valence-electron chi connectivity index (χ4n) is 1.40. The predicted octanol–water partition coefficient (Wildman–Crippen LogP) is 0.609. The maximum Gasteiger partial charge on any atom is 0.0495 e. The number of rotatable bonds is 3. The van der Waals surface area contributed by atoms with Crippen molar-refractivity contribution in [3.8, 4) is 0 Å². The molecule has 1 rings (SSSR count). The summed E-state index contributed by atoms with van der Waals surface area (Å²) < 4.78 is 5.35. The lowest BCUT2D eigenvalue weighted by Gasteiger charge is -2.28. The second-order valence-corrected chi connectivity index (χ2v) is 3.14. The van der Waals surface area contributed by atoms with E-state index in [-0.39, 0.29) is 0 Å². The number of nitrogens with zero attached hydrogens (tertiary/aromatic N) is 1. The summed E-state index contributed by atoms with van der Waals surface area (Å²) >= 11 is 0. The van der Waals surface area contributed by atoms with Crippen LogP contribution in [0.5, 0.6) is 0 Å². The van der Waals surface area contributed by atoms with Gasteiger partial charge in [0.15, 0.2) is 0 Å². The molecular formula is C8H18N2O. The standard InChI is InChI=1S/C8H18N2O/c1-2-11-7-8-3-5-10(9)6-4-8/h8H,2-7,9H2,1H3. The van der Waals surface area contributed by atoms with E-state index in [0.717, 1.165) is 32.2 Å². The summed E-state index contributed by atoms with van der Waals surface area (Å²) in [6.07, 6.45) is 2.38. The Bertz CT molecular complexity index is 97.5. The van der Waals surface area contributed by atoms with E-state index in [2.05, 4.69) is 0 Å². The number of ether oxygens (including phenoxy) is 1. The quantitative estimate of drug-likeness (QED) is 0.612. The molecule has 1 aliphatic heterocycles. The van der Waals surface area contributed by atoms with Gasteiger partial charge in [0.2, 0.25) is 0 Å². The molecule has 0 amide bonds. The predicted molar refractivity (Wildman–Crippen MR) is 45.0 cm³/mol. The van der Waals surface area contributed by atoms with Crippen molar-refractivity contribution < 1.29 is 4.74 Å². The van der Waals surface area contributed by atoms with E-state index in [1.54, 1.807) is 0 Å². The fraction of sp³-hybridized carbons (Fsp3) is 1.00. The van der Waals surface area contributed by atoms with E-state index in [1.165, 1.54) is 12.8 Å². The van der Waals surface area contributed by atoms with Crippen LogP contribution in [0.2, 0.25) is 0 Å². The van der Waals surface area contributed by atoms with Crippen LogP contribution in [-0.2, 0) is 4.74 Å². The zero-order valence-electron chi connectivity index (χ0n) is 7.25. The topological polar surface area (TPSA) is 38.5 Å². The summed E-state index contributed by atoms with van der Waals surface area (Å²) in [6.45, 7) is 5.85. The smallest absolute Gasteiger partial charge is 0.0495 e. The average Bonchev–Trinajstić information content (AvgIpc) is 2.04. The van der Waals surface area contributed by atoms with Gasteiger partial charge in [-0.2, -0.15) is 0 Å². The van der Waals surface area contributed by atoms with E-state index in [9.17, 15) is 0 Å². The Balaban J connectivity index is 2.07. The molecule has 0 aliphatic carbocycles. The highest BCUT2D eigenvalue weighted by atomic mass is 16.5. The van der Waals surface area contributed by atoms with Crippen molar-refractivity contribution in [1.29, 1.82) is 0 Å². The first-order chi connectivity index (χ1) is 5.33. The van der Waals surface area contributed by atoms with Gasteiger partial charge >= 0.3 is 0 Å². The van der Waals surface area contributed by atoms with Crippen molar-refractivity contribution in [3.05, 3.63) is 0 Å². The van der Waals surface area contributed by atoms with E-state index >= 15 is 0 Å². The molecule has 3 nitrogen and oxygen atoms in total. The highest BCUT2D eigenvalue weighted by Gasteiger charge is 2.16. The van der Waals surface area contributed by atoms with Gasteiger partial charge in [-0.1, -0.05) is 0 Å². The van der Waals surface area contributed by atoms with Gasteiger partial charge in [0, 0.05) is 26.3 Å². The second kappa shape index (κ2) is 4.70. The average molecular weight is 158 g/mol. The van der Waals surface area contributed by atoms with Crippen molar-refractivity contribution >= 4 is 0 Å². The van der Waals surface area contributed by atoms with Gasteiger partial charge in [-0.25, -0.2) is 5.01 Å². The third-order valence-corrected chi connectivity index (χ3v) is 2.21. The molecule has 0 aromatic carbocycles. The Morgan fingerprint density at radius 3 is 2.64 bits per heavy atom. The third-order valence-electron chi connectivity index (χ3n) is 2.21. The van der Waals surface area contributed by atoms with Crippen LogP contribution < -0.4 is 5.84 Å². The SMILES string of the molecule is CCOCC1CCN(N)CC1. The zero-order chi connectivity index (χ0) is 8.10. The Kier molecular flexibility index (Phi) is 3.83. The van der Waals surface area contributed by atoms with Crippen LogP contribution in [0.1, 0.15) is 19.8 Å². The van der Waals surface area contributed by atoms with Gasteiger partial charge in [-0.05, 0) is 25.7 Å². The molecule has 0 bridgehead atoms. The van der Waals surface area contributed by atoms with Crippen LogP contribution in [0.25, 0.3) is 0 Å². The molecule has 0 aromatic heterocycles. The molecule has 66 valence electrons. The molecule has 2 N–H and O–H groups in total. The summed E-state index contributed by atoms with van der Waals surface area (Å²) in [5, 5.41) is 1.89. The molecule has 11 heavy (non-hydrogen) atoms. The largest absolute Gasteiger partial charge is 0.381 e. The number of nitrogens with two attached hydrogens (primary N) is 1. The molecule has 0 radical (unpaired) electrons. The highest BCUT2D eigenvalue weighted by molar-refractivity contribution is 4.68. The van der Waals surface area contributed by atoms with E-state index in [1.807, 2.05) is 11.9 Å². The Morgan fingerprint density at radius 2 is 2.09 bits per heavy atom. The molecule has 0 saturated carbocycles. The summed E-state index contributed by atoms with van der Waals surface area (Å²) in [4.78, 5) is 0. The first-order valence-corrected chi connectivity index (χ1v) is 4.40. The number of hydrazine groups is 1. The van der Waals surface area contributed by atoms with E-state index < -0.39 is 0 Å². The number of piperidine rings is 1. The molecule has 1 fully saturated rings. The van der Waals surface area contributed by atoms with Crippen LogP contribution in [-0.4, -0.2) is 31.3 Å². The molecule has 0 atom stereocenters. The van der Waals surface area contributed by atoms with Gasteiger partial charge in [0.05, 0.1) is 0 Å². The molecule has 0 aromatic rings. The first kappa shape index (κ1) is 8.97. The summed E-state index contributed by atoms with van der Waals surface area (Å²) in [5.41, 5.74) is 0. The molecule has 1 heterocycles. The summed E-state index contributed by atoms with van der Waals surface area (Å²) in [6, 6.07) is 0. The van der Waals surface area contributed by atoms with Crippen LogP contribution in [0.3, 0.4) is 0 Å². The van der Waals surface area contributed by atoms with Crippen LogP contribution >= 0.6 is 0 Å². The van der Waals surface area contributed by atoms with E-state index in [0.29, 0.717) is 0 Å². The molecular weight excluding hydrogens is 140 g/mol. The number of hydrogen-bond donors (Lipinski definition) is 1. The fourth-order valence-corrected chi connectivity index (χ4v) is 1.40. The highest BCUT2D eigenvalue weighted by Crippen LogP contribution is 2.14. The van der Waals surface area contributed by atoms with Crippen molar-refractivity contribution in [2.45, 2.75) is 19.8 Å². The molecule has 1 saturated heterocycles. The molecule has 3 heteroatoms. The lowest BCUT2D eigenvalue weighted by molar-refractivity contribution is 0.0743. The lowest BCUT2D eigenvalue weighted by atomic mass is 9.99. The van der Waals surface area contributed by atoms with Gasteiger partial charge in [-0.15, -0.1) is 0 Å². The maximum atomic E-state index is 5.62. The number of hydrogen-bond acceptors (Lipinski definition) is 3. The minimum Gasteiger partial charge on any atom is -0.381 e. The Labute approximate surface area is 68.5 Å². The molecule has 0 spiro atoms. The van der Waals surface area contributed by atoms with Gasteiger partial charge in [-0.3, -0.25) is 5.84 Å². The van der Waals surface area contributed by atoms with Crippen LogP contribution in [0.15, 0.2) is 0 Å². The second-order valence-electron chi connectivity index (χ2n) is 3.14. The lowest BCUT2D eigenvalue weighted by Crippen LogP contribution is -2.39. The van der Waals surface area contributed by atoms with Gasteiger partial charge in [0.1, 0.15) is 0 Å². The molecule has 0 unspecified atom stereocenters. The summed E-state index contributed by atoms with van der Waals surface area (Å²) in [7, 11) is 0. The van der Waals surface area contributed by atoms with Crippen molar-refractivity contribution in [2.75, 3.05) is 26.3 Å². The van der Waals surface area contributed by atoms with Crippen LogP contribution in [0.4, 0.5) is 0 Å². The monoisotopic (exact) mass is 158 g/mol. The Morgan fingerprint density at radius 1 is 1.45 bits per heavy atom. The van der Waals surface area contributed by atoms with Crippen molar-refractivity contribution in [2.24, 2.45) is 11.8 Å². The van der Waals surface area contributed by atoms with E-state index in [4.69, 9.17) is 10.6 Å². The van der Waals surface area contributed by atoms with Crippen molar-refractivity contribution in [3.63, 3.8) is 0 Å². The zero-order valence-corrected chi connectivity index (χ0v) is 7.25. The van der Waals surface area contributed by atoms with Crippen LogP contribution in [0, 0.1) is 5.92 Å². The molecule has 1 aliphatic rings. The Hall–Kier alpha value is -0.120.